The van der Waals surface area contributed by atoms with Gasteiger partial charge in [-0.2, -0.15) is 26.3 Å². The van der Waals surface area contributed by atoms with Gasteiger partial charge in [0.1, 0.15) is 12.4 Å². The number of Topliss-reactive ketones (excluding diaryl/α,β-unsaturated/α-hetero) is 1. The number of ether oxygens (including phenoxy) is 1. The monoisotopic (exact) mass is 676 g/mol. The summed E-state index contributed by atoms with van der Waals surface area (Å²) in [4.78, 5) is 17.3. The van der Waals surface area contributed by atoms with Crippen LogP contribution in [0.4, 0.5) is 26.3 Å². The maximum absolute atomic E-state index is 13.2. The number of carbonyl (C=O) groups is 1. The van der Waals surface area contributed by atoms with Crippen molar-refractivity contribution in [1.82, 2.24) is 9.80 Å². The van der Waals surface area contributed by atoms with Crippen molar-refractivity contribution in [3.05, 3.63) is 100 Å². The SMILES string of the molecule is Cl.Cl.O=C(CCC1CCN(Cc2cc(C(F)(F)F)cc(C(F)(F)F)c2)CC1)c1ccc2c(c1)CN(Cc1ccccc1)CCO2. The van der Waals surface area contributed by atoms with Crippen LogP contribution in [0.15, 0.2) is 66.7 Å². The van der Waals surface area contributed by atoms with E-state index < -0.39 is 23.5 Å². The summed E-state index contributed by atoms with van der Waals surface area (Å²) in [6, 6.07) is 17.5. The summed E-state index contributed by atoms with van der Waals surface area (Å²) in [5.74, 6) is 1.10. The average Bonchev–Trinajstić information content (AvgIpc) is 3.17. The number of halogens is 8. The van der Waals surface area contributed by atoms with Gasteiger partial charge in [0.05, 0.1) is 11.1 Å². The second-order valence-corrected chi connectivity index (χ2v) is 11.5. The molecule has 0 N–H and O–H groups in total. The Kier molecular flexibility index (Phi) is 12.8. The number of carbonyl (C=O) groups excluding carboxylic acids is 1. The topological polar surface area (TPSA) is 32.8 Å². The van der Waals surface area contributed by atoms with Gasteiger partial charge in [-0.1, -0.05) is 30.3 Å². The predicted octanol–water partition coefficient (Wildman–Crippen LogP) is 8.84. The number of hydrogen-bond donors (Lipinski definition) is 0. The Labute approximate surface area is 271 Å². The molecule has 3 aromatic rings. The van der Waals surface area contributed by atoms with E-state index in [0.717, 1.165) is 49.4 Å². The fourth-order valence-corrected chi connectivity index (χ4v) is 5.88. The molecule has 2 aliphatic rings. The molecule has 0 aromatic heterocycles. The number of piperidine rings is 1. The van der Waals surface area contributed by atoms with Crippen LogP contribution in [0, 0.1) is 5.92 Å². The molecule has 45 heavy (non-hydrogen) atoms. The molecule has 2 aliphatic heterocycles. The predicted molar refractivity (Wildman–Crippen MR) is 165 cm³/mol. The fraction of sp³-hybridized carbons (Fsp3) is 0.424. The Morgan fingerprint density at radius 3 is 2.00 bits per heavy atom. The number of likely N-dealkylation sites (tertiary alicyclic amines) is 1. The van der Waals surface area contributed by atoms with Gasteiger partial charge in [-0.05, 0) is 85.8 Å². The average molecular weight is 678 g/mol. The first kappa shape index (κ1) is 36.7. The van der Waals surface area contributed by atoms with Gasteiger partial charge in [0.25, 0.3) is 0 Å². The van der Waals surface area contributed by atoms with E-state index in [9.17, 15) is 31.1 Å². The van der Waals surface area contributed by atoms with Crippen molar-refractivity contribution in [2.75, 3.05) is 26.2 Å². The first-order valence-corrected chi connectivity index (χ1v) is 14.5. The Balaban J connectivity index is 0.00000276. The number of alkyl halides is 6. The molecule has 4 nitrogen and oxygen atoms in total. The summed E-state index contributed by atoms with van der Waals surface area (Å²) < 4.78 is 85.3. The minimum absolute atomic E-state index is 0. The maximum Gasteiger partial charge on any atom is 0.416 e. The third kappa shape index (κ3) is 10.1. The Morgan fingerprint density at radius 2 is 1.38 bits per heavy atom. The molecule has 0 saturated carbocycles. The molecule has 246 valence electrons. The first-order chi connectivity index (χ1) is 20.4. The van der Waals surface area contributed by atoms with Gasteiger partial charge >= 0.3 is 12.4 Å². The minimum Gasteiger partial charge on any atom is -0.492 e. The highest BCUT2D eigenvalue weighted by molar-refractivity contribution is 5.96. The van der Waals surface area contributed by atoms with Crippen molar-refractivity contribution in [2.45, 2.75) is 57.7 Å². The lowest BCUT2D eigenvalue weighted by atomic mass is 9.90. The number of fused-ring (bicyclic) bond motifs is 1. The summed E-state index contributed by atoms with van der Waals surface area (Å²) in [6.07, 6.45) is -7.21. The van der Waals surface area contributed by atoms with Crippen LogP contribution >= 0.6 is 24.8 Å². The molecule has 0 bridgehead atoms. The zero-order valence-corrected chi connectivity index (χ0v) is 26.1. The smallest absolute Gasteiger partial charge is 0.416 e. The molecule has 0 atom stereocenters. The van der Waals surface area contributed by atoms with Crippen molar-refractivity contribution in [1.29, 1.82) is 0 Å². The Bertz CT molecular complexity index is 1380. The number of hydrogen-bond acceptors (Lipinski definition) is 4. The molecule has 2 heterocycles. The quantitative estimate of drug-likeness (QED) is 0.176. The second-order valence-electron chi connectivity index (χ2n) is 11.5. The molecule has 12 heteroatoms. The zero-order chi connectivity index (χ0) is 30.6. The van der Waals surface area contributed by atoms with E-state index in [1.54, 1.807) is 6.07 Å². The van der Waals surface area contributed by atoms with Gasteiger partial charge in [-0.25, -0.2) is 0 Å². The number of benzene rings is 3. The lowest BCUT2D eigenvalue weighted by molar-refractivity contribution is -0.143. The molecule has 0 amide bonds. The molecular formula is C33H36Cl2F6N2O2. The van der Waals surface area contributed by atoms with E-state index >= 15 is 0 Å². The molecular weight excluding hydrogens is 641 g/mol. The van der Waals surface area contributed by atoms with Crippen molar-refractivity contribution in [2.24, 2.45) is 5.92 Å². The normalized spacial score (nSPS) is 16.5. The van der Waals surface area contributed by atoms with Crippen LogP contribution in [0.1, 0.15) is 63.9 Å². The molecule has 1 saturated heterocycles. The van der Waals surface area contributed by atoms with Gasteiger partial charge in [-0.15, -0.1) is 24.8 Å². The van der Waals surface area contributed by atoms with E-state index in [2.05, 4.69) is 17.0 Å². The highest BCUT2D eigenvalue weighted by Gasteiger charge is 2.37. The lowest BCUT2D eigenvalue weighted by Gasteiger charge is -2.32. The van der Waals surface area contributed by atoms with Crippen molar-refractivity contribution in [3.8, 4) is 5.75 Å². The molecule has 3 aromatic carbocycles. The zero-order valence-electron chi connectivity index (χ0n) is 24.5. The number of rotatable bonds is 8. The number of ketones is 1. The van der Waals surface area contributed by atoms with Crippen LogP contribution in [0.25, 0.3) is 0 Å². The molecule has 1 fully saturated rings. The van der Waals surface area contributed by atoms with Crippen LogP contribution in [0.3, 0.4) is 0 Å². The molecule has 5 rings (SSSR count). The van der Waals surface area contributed by atoms with Crippen LogP contribution in [0.5, 0.6) is 5.75 Å². The highest BCUT2D eigenvalue weighted by Crippen LogP contribution is 2.37. The fourth-order valence-electron chi connectivity index (χ4n) is 5.88. The third-order valence-corrected chi connectivity index (χ3v) is 8.23. The van der Waals surface area contributed by atoms with E-state index in [-0.39, 0.29) is 54.7 Å². The summed E-state index contributed by atoms with van der Waals surface area (Å²) >= 11 is 0. The minimum atomic E-state index is -4.86. The van der Waals surface area contributed by atoms with Crippen LogP contribution in [0.2, 0.25) is 0 Å². The maximum atomic E-state index is 13.2. The van der Waals surface area contributed by atoms with E-state index in [1.165, 1.54) is 5.56 Å². The second kappa shape index (κ2) is 15.7. The number of nitrogens with zero attached hydrogens (tertiary/aromatic N) is 2. The van der Waals surface area contributed by atoms with Crippen LogP contribution in [-0.2, 0) is 32.0 Å². The van der Waals surface area contributed by atoms with Crippen molar-refractivity contribution in [3.63, 3.8) is 0 Å². The first-order valence-electron chi connectivity index (χ1n) is 14.5. The molecule has 0 radical (unpaired) electrons. The van der Waals surface area contributed by atoms with Gasteiger partial charge in [0.15, 0.2) is 5.78 Å². The summed E-state index contributed by atoms with van der Waals surface area (Å²) in [7, 11) is 0. The molecule has 0 aliphatic carbocycles. The molecule has 0 spiro atoms. The Morgan fingerprint density at radius 1 is 0.756 bits per heavy atom. The van der Waals surface area contributed by atoms with Crippen LogP contribution < -0.4 is 4.74 Å². The lowest BCUT2D eigenvalue weighted by Crippen LogP contribution is -2.33. The van der Waals surface area contributed by atoms with Gasteiger partial charge in [0.2, 0.25) is 0 Å². The summed E-state index contributed by atoms with van der Waals surface area (Å²) in [5.41, 5.74) is 0.246. The van der Waals surface area contributed by atoms with Crippen molar-refractivity contribution >= 4 is 30.6 Å². The standard InChI is InChI=1S/C33H34F6N2O2.2ClH/c34-32(35,36)28-16-25(17-29(19-28)33(37,38)39)21-40-12-10-23(11-13-40)6-8-30(42)26-7-9-31-27(18-26)22-41(14-15-43-31)20-24-4-2-1-3-5-24;;/h1-5,7,9,16-19,23H,6,8,10-15,20-22H2;2*1H. The van der Waals surface area contributed by atoms with Gasteiger partial charge in [-0.3, -0.25) is 14.6 Å². The third-order valence-electron chi connectivity index (χ3n) is 8.23. The van der Waals surface area contributed by atoms with Gasteiger partial charge in [0, 0.05) is 43.7 Å². The van der Waals surface area contributed by atoms with E-state index in [0.29, 0.717) is 44.6 Å². The van der Waals surface area contributed by atoms with Gasteiger partial charge < -0.3 is 4.74 Å². The largest absolute Gasteiger partial charge is 0.492 e. The van der Waals surface area contributed by atoms with E-state index in [1.807, 2.05) is 35.2 Å². The molecule has 0 unspecified atom stereocenters. The Hall–Kier alpha value is -2.79. The highest BCUT2D eigenvalue weighted by atomic mass is 35.5. The van der Waals surface area contributed by atoms with E-state index in [4.69, 9.17) is 4.74 Å². The summed E-state index contributed by atoms with van der Waals surface area (Å²) in [5, 5.41) is 0. The van der Waals surface area contributed by atoms with Crippen LogP contribution in [-0.4, -0.2) is 41.8 Å². The summed E-state index contributed by atoms with van der Waals surface area (Å²) in [6.45, 7) is 3.93. The van der Waals surface area contributed by atoms with Crippen molar-refractivity contribution < 1.29 is 35.9 Å².